The van der Waals surface area contributed by atoms with Crippen LogP contribution in [-0.4, -0.2) is 32.1 Å². The molecule has 1 saturated heterocycles. The van der Waals surface area contributed by atoms with Crippen molar-refractivity contribution in [2.24, 2.45) is 0 Å². The van der Waals surface area contributed by atoms with Crippen LogP contribution < -0.4 is 4.90 Å². The molecule has 1 fully saturated rings. The van der Waals surface area contributed by atoms with E-state index in [2.05, 4.69) is 0 Å². The number of morpholine rings is 1. The molecule has 3 nitrogen and oxygen atoms in total. The molecule has 1 heterocycles. The van der Waals surface area contributed by atoms with Gasteiger partial charge >= 0.3 is 0 Å². The van der Waals surface area contributed by atoms with Crippen LogP contribution in [-0.2, 0) is 16.0 Å². The summed E-state index contributed by atoms with van der Waals surface area (Å²) in [4.78, 5) is 12.9. The highest BCUT2D eigenvalue weighted by molar-refractivity contribution is 5.78. The van der Waals surface area contributed by atoms with E-state index in [4.69, 9.17) is 4.74 Å². The van der Waals surface area contributed by atoms with E-state index >= 15 is 0 Å². The molecule has 4 heteroatoms. The van der Waals surface area contributed by atoms with Crippen LogP contribution in [0.4, 0.5) is 10.1 Å². The van der Waals surface area contributed by atoms with Gasteiger partial charge in [0.25, 0.3) is 0 Å². The lowest BCUT2D eigenvalue weighted by Crippen LogP contribution is -2.36. The Morgan fingerprint density at radius 3 is 2.71 bits per heavy atom. The van der Waals surface area contributed by atoms with Crippen molar-refractivity contribution in [1.82, 2.24) is 0 Å². The van der Waals surface area contributed by atoms with Crippen molar-refractivity contribution in [3.63, 3.8) is 0 Å². The van der Waals surface area contributed by atoms with Gasteiger partial charge in [0.1, 0.15) is 11.6 Å². The highest BCUT2D eigenvalue weighted by Crippen LogP contribution is 2.21. The molecule has 1 aromatic carbocycles. The van der Waals surface area contributed by atoms with Gasteiger partial charge in [-0.15, -0.1) is 0 Å². The SMILES string of the molecule is CC(=O)Cc1ccc(N2CCOCC2)c(F)c1. The van der Waals surface area contributed by atoms with Gasteiger partial charge in [-0.2, -0.15) is 0 Å². The molecule has 0 saturated carbocycles. The lowest BCUT2D eigenvalue weighted by atomic mass is 10.1. The van der Waals surface area contributed by atoms with Crippen LogP contribution in [0.2, 0.25) is 0 Å². The third kappa shape index (κ3) is 3.03. The Labute approximate surface area is 100 Å². The molecule has 92 valence electrons. The van der Waals surface area contributed by atoms with Gasteiger partial charge in [-0.25, -0.2) is 4.39 Å². The zero-order valence-corrected chi connectivity index (χ0v) is 9.91. The molecule has 0 N–H and O–H groups in total. The van der Waals surface area contributed by atoms with Gasteiger partial charge in [0.15, 0.2) is 0 Å². The first-order chi connectivity index (χ1) is 8.16. The van der Waals surface area contributed by atoms with Gasteiger partial charge in [-0.05, 0) is 24.6 Å². The number of rotatable bonds is 3. The Bertz CT molecular complexity index is 414. The monoisotopic (exact) mass is 237 g/mol. The fourth-order valence-electron chi connectivity index (χ4n) is 2.01. The Morgan fingerprint density at radius 1 is 1.41 bits per heavy atom. The zero-order valence-electron chi connectivity index (χ0n) is 9.91. The van der Waals surface area contributed by atoms with Crippen LogP contribution in [0, 0.1) is 5.82 Å². The average molecular weight is 237 g/mol. The first kappa shape index (κ1) is 12.0. The van der Waals surface area contributed by atoms with E-state index in [1.165, 1.54) is 13.0 Å². The molecule has 0 spiro atoms. The fourth-order valence-corrected chi connectivity index (χ4v) is 2.01. The number of hydrogen-bond donors (Lipinski definition) is 0. The van der Waals surface area contributed by atoms with E-state index in [1.807, 2.05) is 11.0 Å². The summed E-state index contributed by atoms with van der Waals surface area (Å²) >= 11 is 0. The second-order valence-electron chi connectivity index (χ2n) is 4.26. The summed E-state index contributed by atoms with van der Waals surface area (Å²) in [6.07, 6.45) is 0.292. The van der Waals surface area contributed by atoms with Crippen LogP contribution in [0.1, 0.15) is 12.5 Å². The Balaban J connectivity index is 2.15. The summed E-state index contributed by atoms with van der Waals surface area (Å²) in [6.45, 7) is 4.20. The molecular weight excluding hydrogens is 221 g/mol. The maximum Gasteiger partial charge on any atom is 0.146 e. The highest BCUT2D eigenvalue weighted by Gasteiger charge is 2.15. The van der Waals surface area contributed by atoms with Crippen LogP contribution in [0.25, 0.3) is 0 Å². The first-order valence-corrected chi connectivity index (χ1v) is 5.77. The number of ether oxygens (including phenoxy) is 1. The van der Waals surface area contributed by atoms with E-state index < -0.39 is 0 Å². The third-order valence-corrected chi connectivity index (χ3v) is 2.82. The number of carbonyl (C=O) groups excluding carboxylic acids is 1. The summed E-state index contributed by atoms with van der Waals surface area (Å²) < 4.78 is 19.1. The van der Waals surface area contributed by atoms with Gasteiger partial charge in [-0.1, -0.05) is 6.07 Å². The second-order valence-corrected chi connectivity index (χ2v) is 4.26. The van der Waals surface area contributed by atoms with Crippen LogP contribution >= 0.6 is 0 Å². The van der Waals surface area contributed by atoms with E-state index in [-0.39, 0.29) is 11.6 Å². The maximum atomic E-state index is 13.9. The van der Waals surface area contributed by atoms with E-state index in [1.54, 1.807) is 6.07 Å². The van der Waals surface area contributed by atoms with E-state index in [0.717, 1.165) is 5.56 Å². The second kappa shape index (κ2) is 5.27. The van der Waals surface area contributed by atoms with Crippen LogP contribution in [0.5, 0.6) is 0 Å². The van der Waals surface area contributed by atoms with Crippen molar-refractivity contribution in [2.75, 3.05) is 31.2 Å². The predicted molar refractivity (Wildman–Crippen MR) is 63.8 cm³/mol. The minimum absolute atomic E-state index is 0.0449. The smallest absolute Gasteiger partial charge is 0.146 e. The molecular formula is C13H16FNO2. The van der Waals surface area contributed by atoms with E-state index in [9.17, 15) is 9.18 Å². The predicted octanol–water partition coefficient (Wildman–Crippen LogP) is 1.79. The number of halogens is 1. The number of anilines is 1. The maximum absolute atomic E-state index is 13.9. The summed E-state index contributed by atoms with van der Waals surface area (Å²) in [7, 11) is 0. The molecule has 0 radical (unpaired) electrons. The van der Waals surface area contributed by atoms with Gasteiger partial charge in [0.2, 0.25) is 0 Å². The van der Waals surface area contributed by atoms with Crippen molar-refractivity contribution in [3.8, 4) is 0 Å². The van der Waals surface area contributed by atoms with E-state index in [0.29, 0.717) is 38.4 Å². The zero-order chi connectivity index (χ0) is 12.3. The fraction of sp³-hybridized carbons (Fsp3) is 0.462. The van der Waals surface area contributed by atoms with Crippen molar-refractivity contribution < 1.29 is 13.9 Å². The number of ketones is 1. The van der Waals surface area contributed by atoms with Crippen molar-refractivity contribution in [1.29, 1.82) is 0 Å². The molecule has 1 aliphatic rings. The number of benzene rings is 1. The van der Waals surface area contributed by atoms with Gasteiger partial charge < -0.3 is 9.64 Å². The standard InChI is InChI=1S/C13H16FNO2/c1-10(16)8-11-2-3-13(12(14)9-11)15-4-6-17-7-5-15/h2-3,9H,4-8H2,1H3. The molecule has 0 aromatic heterocycles. The lowest BCUT2D eigenvalue weighted by Gasteiger charge is -2.29. The highest BCUT2D eigenvalue weighted by atomic mass is 19.1. The normalized spacial score (nSPS) is 16.0. The van der Waals surface area contributed by atoms with Crippen molar-refractivity contribution in [3.05, 3.63) is 29.6 Å². The lowest BCUT2D eigenvalue weighted by molar-refractivity contribution is -0.116. The molecule has 0 bridgehead atoms. The average Bonchev–Trinajstić information content (AvgIpc) is 2.29. The molecule has 1 aliphatic heterocycles. The summed E-state index contributed by atoms with van der Waals surface area (Å²) in [6, 6.07) is 5.01. The first-order valence-electron chi connectivity index (χ1n) is 5.77. The number of Topliss-reactive ketones (excluding diaryl/α,β-unsaturated/α-hetero) is 1. The Morgan fingerprint density at radius 2 is 2.12 bits per heavy atom. The molecule has 0 unspecified atom stereocenters. The topological polar surface area (TPSA) is 29.5 Å². The minimum atomic E-state index is -0.259. The molecule has 1 aromatic rings. The third-order valence-electron chi connectivity index (χ3n) is 2.82. The van der Waals surface area contributed by atoms with Crippen LogP contribution in [0.15, 0.2) is 18.2 Å². The van der Waals surface area contributed by atoms with Crippen molar-refractivity contribution in [2.45, 2.75) is 13.3 Å². The summed E-state index contributed by atoms with van der Waals surface area (Å²) in [5, 5.41) is 0. The molecule has 0 aliphatic carbocycles. The Kier molecular flexibility index (Phi) is 3.74. The summed E-state index contributed by atoms with van der Waals surface area (Å²) in [5.41, 5.74) is 1.33. The van der Waals surface area contributed by atoms with Crippen LogP contribution in [0.3, 0.4) is 0 Å². The molecule has 2 rings (SSSR count). The summed E-state index contributed by atoms with van der Waals surface area (Å²) in [5.74, 6) is -0.214. The van der Waals surface area contributed by atoms with Gasteiger partial charge in [0.05, 0.1) is 18.9 Å². The molecule has 0 atom stereocenters. The number of carbonyl (C=O) groups is 1. The van der Waals surface area contributed by atoms with Crippen molar-refractivity contribution >= 4 is 11.5 Å². The number of hydrogen-bond acceptors (Lipinski definition) is 3. The van der Waals surface area contributed by atoms with Gasteiger partial charge in [0, 0.05) is 19.5 Å². The molecule has 17 heavy (non-hydrogen) atoms. The molecule has 0 amide bonds. The minimum Gasteiger partial charge on any atom is -0.378 e. The largest absolute Gasteiger partial charge is 0.378 e. The Hall–Kier alpha value is -1.42. The van der Waals surface area contributed by atoms with Gasteiger partial charge in [-0.3, -0.25) is 4.79 Å². The number of nitrogens with zero attached hydrogens (tertiary/aromatic N) is 1. The quantitative estimate of drug-likeness (QED) is 0.802.